The van der Waals surface area contributed by atoms with E-state index in [1.165, 1.54) is 0 Å². The first-order valence-electron chi connectivity index (χ1n) is 12.0. The second-order valence-electron chi connectivity index (χ2n) is 9.55. The van der Waals surface area contributed by atoms with Crippen molar-refractivity contribution in [2.75, 3.05) is 47.4 Å². The highest BCUT2D eigenvalue weighted by molar-refractivity contribution is 5.97. The van der Waals surface area contributed by atoms with Gasteiger partial charge in [0.2, 0.25) is 11.8 Å². The monoisotopic (exact) mass is 493 g/mol. The number of carbonyl (C=O) groups excluding carboxylic acids is 2. The Balaban J connectivity index is 1.87. The first-order chi connectivity index (χ1) is 17.2. The summed E-state index contributed by atoms with van der Waals surface area (Å²) in [7, 11) is 5.60. The van der Waals surface area contributed by atoms with Gasteiger partial charge in [-0.1, -0.05) is 18.8 Å². The standard InChI is InChI=1S/C27H35N5O4/c1-19-16-32(20(2)18-33)27(35)23-13-22(7-6-12-30(3)4)15-29-26(23)36-24(19)17-31(5)25(34)14-21-8-10-28-11-9-21/h8-11,13,15,19-20,24,33H,12,14,16-18H2,1-5H3/t19-,20-,24-/m0/s1. The fourth-order valence-electron chi connectivity index (χ4n) is 3.87. The summed E-state index contributed by atoms with van der Waals surface area (Å²) in [4.78, 5) is 40.0. The Hall–Kier alpha value is -3.48. The largest absolute Gasteiger partial charge is 0.472 e. The SMILES string of the molecule is C[C@H]1CN([C@@H](C)CO)C(=O)c2cc(C#CCN(C)C)cnc2O[C@H]1CN(C)C(=O)Cc1ccncc1. The zero-order valence-electron chi connectivity index (χ0n) is 21.6. The lowest BCUT2D eigenvalue weighted by Crippen LogP contribution is -2.50. The van der Waals surface area contributed by atoms with E-state index in [1.54, 1.807) is 48.4 Å². The van der Waals surface area contributed by atoms with Crippen molar-refractivity contribution in [3.63, 3.8) is 0 Å². The Labute approximate surface area is 213 Å². The molecule has 2 aromatic rings. The number of rotatable bonds is 7. The van der Waals surface area contributed by atoms with Crippen LogP contribution in [-0.4, -0.2) is 101 Å². The molecule has 1 N–H and O–H groups in total. The number of pyridine rings is 2. The van der Waals surface area contributed by atoms with Crippen LogP contribution in [0.1, 0.15) is 35.3 Å². The van der Waals surface area contributed by atoms with Crippen LogP contribution in [0.25, 0.3) is 0 Å². The van der Waals surface area contributed by atoms with Gasteiger partial charge in [0, 0.05) is 43.7 Å². The lowest BCUT2D eigenvalue weighted by Gasteiger charge is -2.37. The lowest BCUT2D eigenvalue weighted by molar-refractivity contribution is -0.130. The van der Waals surface area contributed by atoms with Crippen molar-refractivity contribution in [1.29, 1.82) is 0 Å². The van der Waals surface area contributed by atoms with E-state index in [4.69, 9.17) is 4.74 Å². The topological polar surface area (TPSA) is 99.1 Å². The third-order valence-electron chi connectivity index (χ3n) is 6.13. The second-order valence-corrected chi connectivity index (χ2v) is 9.55. The number of likely N-dealkylation sites (N-methyl/N-ethyl adjacent to an activating group) is 1. The predicted molar refractivity (Wildman–Crippen MR) is 136 cm³/mol. The molecule has 0 aliphatic carbocycles. The summed E-state index contributed by atoms with van der Waals surface area (Å²) in [5.41, 5.74) is 1.80. The third-order valence-corrected chi connectivity index (χ3v) is 6.13. The molecule has 0 bridgehead atoms. The molecular formula is C27H35N5O4. The highest BCUT2D eigenvalue weighted by atomic mass is 16.5. The van der Waals surface area contributed by atoms with Gasteiger partial charge in [0.1, 0.15) is 11.7 Å². The molecule has 0 saturated heterocycles. The Kier molecular flexibility index (Phi) is 9.39. The summed E-state index contributed by atoms with van der Waals surface area (Å²) in [6.45, 7) is 4.89. The molecule has 0 unspecified atom stereocenters. The van der Waals surface area contributed by atoms with Crippen LogP contribution in [0, 0.1) is 17.8 Å². The number of carbonyl (C=O) groups is 2. The molecule has 0 aromatic carbocycles. The molecule has 2 amide bonds. The van der Waals surface area contributed by atoms with E-state index in [9.17, 15) is 14.7 Å². The number of aliphatic hydroxyl groups excluding tert-OH is 1. The number of nitrogens with zero attached hydrogens (tertiary/aromatic N) is 5. The van der Waals surface area contributed by atoms with Crippen LogP contribution >= 0.6 is 0 Å². The van der Waals surface area contributed by atoms with Gasteiger partial charge in [-0.05, 0) is 44.8 Å². The van der Waals surface area contributed by atoms with Crippen molar-refractivity contribution in [2.24, 2.45) is 5.92 Å². The number of ether oxygens (including phenoxy) is 1. The number of aliphatic hydroxyl groups is 1. The second kappa shape index (κ2) is 12.5. The first kappa shape index (κ1) is 27.1. The Bertz CT molecular complexity index is 1110. The zero-order chi connectivity index (χ0) is 26.2. The molecule has 0 fully saturated rings. The molecule has 3 atom stereocenters. The fraction of sp³-hybridized carbons (Fsp3) is 0.481. The van der Waals surface area contributed by atoms with Crippen molar-refractivity contribution in [3.05, 3.63) is 53.5 Å². The normalized spacial score (nSPS) is 18.3. The molecule has 3 heterocycles. The van der Waals surface area contributed by atoms with Gasteiger partial charge >= 0.3 is 0 Å². The van der Waals surface area contributed by atoms with Crippen LogP contribution in [0.15, 0.2) is 36.8 Å². The maximum absolute atomic E-state index is 13.5. The van der Waals surface area contributed by atoms with Gasteiger partial charge in [0.25, 0.3) is 5.91 Å². The quantitative estimate of drug-likeness (QED) is 0.581. The molecule has 9 nitrogen and oxygen atoms in total. The maximum Gasteiger partial charge on any atom is 0.259 e. The zero-order valence-corrected chi connectivity index (χ0v) is 21.6. The minimum absolute atomic E-state index is 0.0459. The summed E-state index contributed by atoms with van der Waals surface area (Å²) >= 11 is 0. The van der Waals surface area contributed by atoms with Crippen LogP contribution in [0.4, 0.5) is 0 Å². The number of aromatic nitrogens is 2. The number of hydrogen-bond acceptors (Lipinski definition) is 7. The number of fused-ring (bicyclic) bond motifs is 1. The van der Waals surface area contributed by atoms with E-state index in [1.807, 2.05) is 38.1 Å². The van der Waals surface area contributed by atoms with Crippen molar-refractivity contribution < 1.29 is 19.4 Å². The number of hydrogen-bond donors (Lipinski definition) is 1. The number of amides is 2. The fourth-order valence-corrected chi connectivity index (χ4v) is 3.87. The Morgan fingerprint density at radius 1 is 1.31 bits per heavy atom. The van der Waals surface area contributed by atoms with E-state index in [0.717, 1.165) is 5.56 Å². The molecule has 9 heteroatoms. The van der Waals surface area contributed by atoms with Gasteiger partial charge < -0.3 is 19.6 Å². The molecule has 2 aromatic heterocycles. The van der Waals surface area contributed by atoms with Gasteiger partial charge in [0.15, 0.2) is 0 Å². The van der Waals surface area contributed by atoms with Crippen LogP contribution in [0.5, 0.6) is 5.88 Å². The molecule has 36 heavy (non-hydrogen) atoms. The van der Waals surface area contributed by atoms with Crippen LogP contribution in [-0.2, 0) is 11.2 Å². The molecule has 192 valence electrons. The summed E-state index contributed by atoms with van der Waals surface area (Å²) in [6, 6.07) is 4.94. The van der Waals surface area contributed by atoms with E-state index in [-0.39, 0.29) is 42.7 Å². The average molecular weight is 494 g/mol. The van der Waals surface area contributed by atoms with Crippen molar-refractivity contribution >= 4 is 11.8 Å². The Morgan fingerprint density at radius 3 is 2.69 bits per heavy atom. The van der Waals surface area contributed by atoms with Gasteiger partial charge in [-0.2, -0.15) is 0 Å². The summed E-state index contributed by atoms with van der Waals surface area (Å²) in [5.74, 6) is 5.88. The van der Waals surface area contributed by atoms with Gasteiger partial charge in [-0.15, -0.1) is 0 Å². The lowest BCUT2D eigenvalue weighted by atomic mass is 9.99. The minimum Gasteiger partial charge on any atom is -0.472 e. The van der Waals surface area contributed by atoms with E-state index in [0.29, 0.717) is 30.8 Å². The van der Waals surface area contributed by atoms with Gasteiger partial charge in [0.05, 0.1) is 32.2 Å². The van der Waals surface area contributed by atoms with Gasteiger partial charge in [-0.3, -0.25) is 19.5 Å². The van der Waals surface area contributed by atoms with Crippen molar-refractivity contribution in [2.45, 2.75) is 32.4 Å². The third kappa shape index (κ3) is 7.03. The van der Waals surface area contributed by atoms with Crippen LogP contribution in [0.2, 0.25) is 0 Å². The molecule has 1 aliphatic heterocycles. The molecule has 0 saturated carbocycles. The first-order valence-corrected chi connectivity index (χ1v) is 12.0. The van der Waals surface area contributed by atoms with E-state index >= 15 is 0 Å². The molecule has 3 rings (SSSR count). The van der Waals surface area contributed by atoms with Crippen LogP contribution in [0.3, 0.4) is 0 Å². The Morgan fingerprint density at radius 2 is 2.03 bits per heavy atom. The molecular weight excluding hydrogens is 458 g/mol. The smallest absolute Gasteiger partial charge is 0.259 e. The predicted octanol–water partition coefficient (Wildman–Crippen LogP) is 1.31. The minimum atomic E-state index is -0.408. The highest BCUT2D eigenvalue weighted by Gasteiger charge is 2.34. The van der Waals surface area contributed by atoms with Crippen molar-refractivity contribution in [1.82, 2.24) is 24.7 Å². The van der Waals surface area contributed by atoms with E-state index < -0.39 is 6.10 Å². The molecule has 0 spiro atoms. The summed E-state index contributed by atoms with van der Waals surface area (Å²) in [6.07, 6.45) is 4.78. The molecule has 0 radical (unpaired) electrons. The van der Waals surface area contributed by atoms with Crippen molar-refractivity contribution in [3.8, 4) is 17.7 Å². The van der Waals surface area contributed by atoms with E-state index in [2.05, 4.69) is 21.8 Å². The van der Waals surface area contributed by atoms with Crippen LogP contribution < -0.4 is 4.74 Å². The highest BCUT2D eigenvalue weighted by Crippen LogP contribution is 2.27. The molecule has 1 aliphatic rings. The average Bonchev–Trinajstić information content (AvgIpc) is 2.86. The summed E-state index contributed by atoms with van der Waals surface area (Å²) in [5, 5.41) is 9.82. The summed E-state index contributed by atoms with van der Waals surface area (Å²) < 4.78 is 6.27. The van der Waals surface area contributed by atoms with Gasteiger partial charge in [-0.25, -0.2) is 4.98 Å². The maximum atomic E-state index is 13.5.